The van der Waals surface area contributed by atoms with Crippen LogP contribution in [0.4, 0.5) is 0 Å². The van der Waals surface area contributed by atoms with Crippen LogP contribution in [-0.4, -0.2) is 33.5 Å². The normalized spacial score (nSPS) is 14.4. The van der Waals surface area contributed by atoms with Crippen molar-refractivity contribution in [1.82, 2.24) is 20.1 Å². The Morgan fingerprint density at radius 3 is 2.53 bits per heavy atom. The molecule has 156 valence electrons. The van der Waals surface area contributed by atoms with Gasteiger partial charge >= 0.3 is 0 Å². The van der Waals surface area contributed by atoms with E-state index in [1.165, 1.54) is 11.8 Å². The van der Waals surface area contributed by atoms with E-state index in [0.717, 1.165) is 35.5 Å². The van der Waals surface area contributed by atoms with E-state index in [-0.39, 0.29) is 17.7 Å². The van der Waals surface area contributed by atoms with Crippen molar-refractivity contribution in [3.63, 3.8) is 0 Å². The molecule has 0 aliphatic heterocycles. The number of thioether (sulfide) groups is 1. The quantitative estimate of drug-likeness (QED) is 0.520. The summed E-state index contributed by atoms with van der Waals surface area (Å²) in [6, 6.07) is 15.4. The topological polar surface area (TPSA) is 69.0 Å². The monoisotopic (exact) mass is 442 g/mol. The van der Waals surface area contributed by atoms with Crippen molar-refractivity contribution in [1.29, 1.82) is 0 Å². The van der Waals surface area contributed by atoms with Crippen molar-refractivity contribution in [2.45, 2.75) is 24.0 Å². The summed E-state index contributed by atoms with van der Waals surface area (Å²) in [5, 5.41) is 13.1. The number of halogens is 1. The zero-order chi connectivity index (χ0) is 21.1. The number of carbonyl (C=O) groups excluding carboxylic acids is 1. The van der Waals surface area contributed by atoms with Crippen molar-refractivity contribution in [3.05, 3.63) is 59.1 Å². The molecular formula is C22H23ClN4O2S. The summed E-state index contributed by atoms with van der Waals surface area (Å²) in [5.74, 6) is 2.33. The Bertz CT molecular complexity index is 1020. The summed E-state index contributed by atoms with van der Waals surface area (Å²) in [6.45, 7) is 0. The third-order valence-electron chi connectivity index (χ3n) is 5.15. The fourth-order valence-electron chi connectivity index (χ4n) is 3.35. The zero-order valence-corrected chi connectivity index (χ0v) is 18.4. The lowest BCUT2D eigenvalue weighted by molar-refractivity contribution is -0.119. The smallest absolute Gasteiger partial charge is 0.230 e. The van der Waals surface area contributed by atoms with Gasteiger partial charge in [0.2, 0.25) is 5.91 Å². The van der Waals surface area contributed by atoms with Crippen LogP contribution in [0.2, 0.25) is 5.02 Å². The van der Waals surface area contributed by atoms with Crippen LogP contribution in [0.5, 0.6) is 5.75 Å². The zero-order valence-electron chi connectivity index (χ0n) is 16.8. The number of rotatable bonds is 8. The van der Waals surface area contributed by atoms with Gasteiger partial charge in [0.05, 0.1) is 18.9 Å². The number of ether oxygens (including phenoxy) is 1. The summed E-state index contributed by atoms with van der Waals surface area (Å²) < 4.78 is 7.12. The Hall–Kier alpha value is -2.51. The molecular weight excluding hydrogens is 420 g/mol. The lowest BCUT2D eigenvalue weighted by Crippen LogP contribution is -2.31. The fraction of sp³-hybridized carbons (Fsp3) is 0.318. The van der Waals surface area contributed by atoms with E-state index in [1.54, 1.807) is 7.11 Å². The van der Waals surface area contributed by atoms with Gasteiger partial charge in [-0.25, -0.2) is 0 Å². The van der Waals surface area contributed by atoms with E-state index >= 15 is 0 Å². The molecule has 3 aromatic rings. The van der Waals surface area contributed by atoms with Gasteiger partial charge in [-0.05, 0) is 60.7 Å². The lowest BCUT2D eigenvalue weighted by Gasteiger charge is -2.19. The van der Waals surface area contributed by atoms with Crippen LogP contribution in [0.1, 0.15) is 24.4 Å². The Morgan fingerprint density at radius 1 is 1.20 bits per heavy atom. The average Bonchev–Trinajstić information content (AvgIpc) is 3.54. The van der Waals surface area contributed by atoms with Crippen LogP contribution >= 0.6 is 23.4 Å². The van der Waals surface area contributed by atoms with Gasteiger partial charge in [0.15, 0.2) is 11.0 Å². The first-order chi connectivity index (χ1) is 14.5. The van der Waals surface area contributed by atoms with E-state index in [1.807, 2.05) is 60.1 Å². The van der Waals surface area contributed by atoms with E-state index in [2.05, 4.69) is 15.5 Å². The van der Waals surface area contributed by atoms with Crippen LogP contribution in [0.25, 0.3) is 11.4 Å². The lowest BCUT2D eigenvalue weighted by atomic mass is 10.0. The van der Waals surface area contributed by atoms with Crippen molar-refractivity contribution in [2.24, 2.45) is 13.0 Å². The number of aromatic nitrogens is 3. The van der Waals surface area contributed by atoms with Crippen LogP contribution in [0.3, 0.4) is 0 Å². The number of nitrogens with zero attached hydrogens (tertiary/aromatic N) is 3. The Balaban J connectivity index is 1.38. The average molecular weight is 443 g/mol. The SMILES string of the molecule is COc1ccc(C(NC(=O)CSc2nnc(-c3ccc(Cl)cc3)n2C)C2CC2)cc1. The minimum absolute atomic E-state index is 0.0104. The van der Waals surface area contributed by atoms with Crippen LogP contribution in [0.15, 0.2) is 53.7 Å². The predicted molar refractivity (Wildman–Crippen MR) is 119 cm³/mol. The number of hydrogen-bond acceptors (Lipinski definition) is 5. The van der Waals surface area contributed by atoms with E-state index in [4.69, 9.17) is 16.3 Å². The second kappa shape index (κ2) is 9.10. The molecule has 1 amide bonds. The predicted octanol–water partition coefficient (Wildman–Crippen LogP) is 4.50. The summed E-state index contributed by atoms with van der Waals surface area (Å²) in [5.41, 5.74) is 2.04. The Morgan fingerprint density at radius 2 is 1.90 bits per heavy atom. The maximum atomic E-state index is 12.7. The highest BCUT2D eigenvalue weighted by atomic mass is 35.5. The van der Waals surface area contributed by atoms with E-state index < -0.39 is 0 Å². The highest BCUT2D eigenvalue weighted by Gasteiger charge is 2.33. The van der Waals surface area contributed by atoms with E-state index in [9.17, 15) is 4.79 Å². The highest BCUT2D eigenvalue weighted by molar-refractivity contribution is 7.99. The standard InChI is InChI=1S/C22H23ClN4O2S/c1-27-21(16-5-9-17(23)10-6-16)25-26-22(27)30-13-19(28)24-20(14-3-4-14)15-7-11-18(29-2)12-8-15/h5-12,14,20H,3-4,13H2,1-2H3,(H,24,28). The molecule has 0 saturated heterocycles. The summed E-state index contributed by atoms with van der Waals surface area (Å²) >= 11 is 7.34. The second-order valence-corrected chi connectivity index (χ2v) is 8.70. The number of hydrogen-bond donors (Lipinski definition) is 1. The second-order valence-electron chi connectivity index (χ2n) is 7.32. The molecule has 1 heterocycles. The van der Waals surface area contributed by atoms with Crippen molar-refractivity contribution in [2.75, 3.05) is 12.9 Å². The number of carbonyl (C=O) groups is 1. The molecule has 0 spiro atoms. The molecule has 1 atom stereocenters. The molecule has 2 aromatic carbocycles. The third kappa shape index (κ3) is 4.79. The number of nitrogens with one attached hydrogen (secondary N) is 1. The Labute approximate surface area is 185 Å². The minimum atomic E-state index is -0.0104. The molecule has 1 fully saturated rings. The van der Waals surface area contributed by atoms with Crippen molar-refractivity contribution < 1.29 is 9.53 Å². The number of methoxy groups -OCH3 is 1. The van der Waals surface area contributed by atoms with Crippen LogP contribution in [0, 0.1) is 5.92 Å². The summed E-state index contributed by atoms with van der Waals surface area (Å²) in [4.78, 5) is 12.7. The first kappa shape index (κ1) is 20.8. The van der Waals surface area contributed by atoms with Crippen molar-refractivity contribution >= 4 is 29.3 Å². The maximum absolute atomic E-state index is 12.7. The molecule has 6 nitrogen and oxygen atoms in total. The van der Waals surface area contributed by atoms with Gasteiger partial charge in [0.1, 0.15) is 5.75 Å². The number of benzene rings is 2. The van der Waals surface area contributed by atoms with Gasteiger partial charge < -0.3 is 14.6 Å². The van der Waals surface area contributed by atoms with Gasteiger partial charge in [0, 0.05) is 17.6 Å². The molecule has 1 saturated carbocycles. The molecule has 0 radical (unpaired) electrons. The van der Waals surface area contributed by atoms with Crippen LogP contribution in [-0.2, 0) is 11.8 Å². The Kier molecular flexibility index (Phi) is 6.29. The van der Waals surface area contributed by atoms with Gasteiger partial charge in [-0.1, -0.05) is 35.5 Å². The molecule has 30 heavy (non-hydrogen) atoms. The molecule has 1 unspecified atom stereocenters. The van der Waals surface area contributed by atoms with Gasteiger partial charge in [0.25, 0.3) is 0 Å². The van der Waals surface area contributed by atoms with E-state index in [0.29, 0.717) is 16.1 Å². The molecule has 4 rings (SSSR count). The maximum Gasteiger partial charge on any atom is 0.230 e. The first-order valence-corrected chi connectivity index (χ1v) is 11.1. The molecule has 1 aromatic heterocycles. The molecule has 1 aliphatic rings. The van der Waals surface area contributed by atoms with Gasteiger partial charge in [-0.15, -0.1) is 10.2 Å². The summed E-state index contributed by atoms with van der Waals surface area (Å²) in [7, 11) is 3.55. The largest absolute Gasteiger partial charge is 0.497 e. The highest BCUT2D eigenvalue weighted by Crippen LogP contribution is 2.41. The summed E-state index contributed by atoms with van der Waals surface area (Å²) in [6.07, 6.45) is 2.27. The minimum Gasteiger partial charge on any atom is -0.497 e. The first-order valence-electron chi connectivity index (χ1n) is 9.76. The van der Waals surface area contributed by atoms with Crippen LogP contribution < -0.4 is 10.1 Å². The van der Waals surface area contributed by atoms with Gasteiger partial charge in [-0.3, -0.25) is 4.79 Å². The third-order valence-corrected chi connectivity index (χ3v) is 6.43. The molecule has 8 heteroatoms. The number of amides is 1. The molecule has 0 bridgehead atoms. The van der Waals surface area contributed by atoms with Crippen molar-refractivity contribution in [3.8, 4) is 17.1 Å². The molecule has 1 N–H and O–H groups in total. The molecule has 1 aliphatic carbocycles. The van der Waals surface area contributed by atoms with Gasteiger partial charge in [-0.2, -0.15) is 0 Å². The fourth-order valence-corrected chi connectivity index (χ4v) is 4.20.